The quantitative estimate of drug-likeness (QED) is 0.808. The second kappa shape index (κ2) is 7.46. The van der Waals surface area contributed by atoms with Crippen LogP contribution in [0.4, 0.5) is 0 Å². The van der Waals surface area contributed by atoms with Crippen LogP contribution in [0.3, 0.4) is 0 Å². The first-order valence-electron chi connectivity index (χ1n) is 7.85. The molecule has 2 rings (SSSR count). The zero-order valence-corrected chi connectivity index (χ0v) is 12.1. The van der Waals surface area contributed by atoms with Crippen molar-refractivity contribution in [3.8, 4) is 0 Å². The van der Waals surface area contributed by atoms with Crippen molar-refractivity contribution in [2.75, 3.05) is 13.2 Å². The second-order valence-electron chi connectivity index (χ2n) is 6.21. The minimum Gasteiger partial charge on any atom is -0.378 e. The van der Waals surface area contributed by atoms with Crippen LogP contribution in [0.15, 0.2) is 0 Å². The first-order valence-corrected chi connectivity index (χ1v) is 7.85. The molecule has 0 spiro atoms. The van der Waals surface area contributed by atoms with E-state index in [2.05, 4.69) is 24.5 Å². The molecule has 0 amide bonds. The van der Waals surface area contributed by atoms with E-state index in [0.717, 1.165) is 12.6 Å². The largest absolute Gasteiger partial charge is 0.378 e. The van der Waals surface area contributed by atoms with Crippen molar-refractivity contribution < 1.29 is 4.74 Å². The zero-order valence-electron chi connectivity index (χ0n) is 12.1. The first kappa shape index (κ1) is 14.3. The lowest BCUT2D eigenvalue weighted by Crippen LogP contribution is -2.45. The summed E-state index contributed by atoms with van der Waals surface area (Å²) in [5, 5.41) is 7.49. The summed E-state index contributed by atoms with van der Waals surface area (Å²) in [5.74, 6) is 0. The second-order valence-corrected chi connectivity index (χ2v) is 6.21. The Morgan fingerprint density at radius 1 is 1.28 bits per heavy atom. The molecule has 106 valence electrons. The van der Waals surface area contributed by atoms with E-state index in [1.807, 2.05) is 0 Å². The summed E-state index contributed by atoms with van der Waals surface area (Å²) in [6.45, 7) is 6.66. The predicted octanol–water partition coefficient (Wildman–Crippen LogP) is 2.45. The predicted molar refractivity (Wildman–Crippen MR) is 75.9 cm³/mol. The van der Waals surface area contributed by atoms with Gasteiger partial charge in [-0.2, -0.15) is 0 Å². The van der Waals surface area contributed by atoms with Gasteiger partial charge in [0.05, 0.1) is 6.10 Å². The number of hydrogen-bond donors (Lipinski definition) is 2. The molecule has 4 unspecified atom stereocenters. The molecule has 2 heterocycles. The summed E-state index contributed by atoms with van der Waals surface area (Å²) in [6.07, 6.45) is 9.56. The standard InChI is InChI=1S/C15H30N2O/c1-12(10-14-6-4-3-5-8-16-14)17-15-7-9-18-13(2)11-15/h12-17H,3-11H2,1-2H3. The van der Waals surface area contributed by atoms with Crippen LogP contribution >= 0.6 is 0 Å². The van der Waals surface area contributed by atoms with Gasteiger partial charge in [-0.05, 0) is 52.5 Å². The van der Waals surface area contributed by atoms with Crippen LogP contribution in [0.1, 0.15) is 58.8 Å². The van der Waals surface area contributed by atoms with Gasteiger partial charge < -0.3 is 15.4 Å². The average Bonchev–Trinajstić information content (AvgIpc) is 2.57. The molecule has 2 aliphatic heterocycles. The third-order valence-electron chi connectivity index (χ3n) is 4.31. The van der Waals surface area contributed by atoms with Gasteiger partial charge in [0.1, 0.15) is 0 Å². The summed E-state index contributed by atoms with van der Waals surface area (Å²) in [7, 11) is 0. The van der Waals surface area contributed by atoms with Crippen LogP contribution < -0.4 is 10.6 Å². The molecule has 0 radical (unpaired) electrons. The van der Waals surface area contributed by atoms with Crippen molar-refractivity contribution >= 4 is 0 Å². The molecule has 0 aromatic heterocycles. The van der Waals surface area contributed by atoms with Gasteiger partial charge in [0.15, 0.2) is 0 Å². The average molecular weight is 254 g/mol. The monoisotopic (exact) mass is 254 g/mol. The summed E-state index contributed by atoms with van der Waals surface area (Å²) in [5.41, 5.74) is 0. The van der Waals surface area contributed by atoms with Gasteiger partial charge in [0.25, 0.3) is 0 Å². The highest BCUT2D eigenvalue weighted by Crippen LogP contribution is 2.16. The van der Waals surface area contributed by atoms with Crippen molar-refractivity contribution in [2.24, 2.45) is 0 Å². The van der Waals surface area contributed by atoms with Gasteiger partial charge in [0.2, 0.25) is 0 Å². The van der Waals surface area contributed by atoms with Crippen molar-refractivity contribution in [3.05, 3.63) is 0 Å². The van der Waals surface area contributed by atoms with Crippen LogP contribution in [0.25, 0.3) is 0 Å². The Hall–Kier alpha value is -0.120. The van der Waals surface area contributed by atoms with E-state index in [9.17, 15) is 0 Å². The summed E-state index contributed by atoms with van der Waals surface area (Å²) < 4.78 is 5.60. The van der Waals surface area contributed by atoms with Crippen LogP contribution in [0, 0.1) is 0 Å². The molecule has 4 atom stereocenters. The Balaban J connectivity index is 1.68. The SMILES string of the molecule is CC(CC1CCCCCN1)NC1CCOC(C)C1. The van der Waals surface area contributed by atoms with Gasteiger partial charge in [-0.1, -0.05) is 12.8 Å². The van der Waals surface area contributed by atoms with E-state index < -0.39 is 0 Å². The number of hydrogen-bond acceptors (Lipinski definition) is 3. The Morgan fingerprint density at radius 3 is 3.00 bits per heavy atom. The van der Waals surface area contributed by atoms with E-state index in [0.29, 0.717) is 18.2 Å². The van der Waals surface area contributed by atoms with Crippen LogP contribution in [0.2, 0.25) is 0 Å². The maximum Gasteiger partial charge on any atom is 0.0561 e. The molecular weight excluding hydrogens is 224 g/mol. The highest BCUT2D eigenvalue weighted by molar-refractivity contribution is 4.81. The minimum atomic E-state index is 0.430. The van der Waals surface area contributed by atoms with Crippen molar-refractivity contribution in [1.29, 1.82) is 0 Å². The highest BCUT2D eigenvalue weighted by Gasteiger charge is 2.22. The van der Waals surface area contributed by atoms with E-state index in [4.69, 9.17) is 4.74 Å². The van der Waals surface area contributed by atoms with Crippen molar-refractivity contribution in [2.45, 2.75) is 83.0 Å². The van der Waals surface area contributed by atoms with E-state index in [1.165, 1.54) is 51.5 Å². The Labute approximate surface area is 112 Å². The van der Waals surface area contributed by atoms with Gasteiger partial charge in [-0.3, -0.25) is 0 Å². The van der Waals surface area contributed by atoms with E-state index >= 15 is 0 Å². The van der Waals surface area contributed by atoms with Crippen LogP contribution in [0.5, 0.6) is 0 Å². The molecular formula is C15H30N2O. The minimum absolute atomic E-state index is 0.430. The lowest BCUT2D eigenvalue weighted by molar-refractivity contribution is 0.0113. The number of ether oxygens (including phenoxy) is 1. The molecule has 2 fully saturated rings. The fourth-order valence-electron chi connectivity index (χ4n) is 3.35. The molecule has 0 aliphatic carbocycles. The molecule has 0 bridgehead atoms. The molecule has 3 heteroatoms. The lowest BCUT2D eigenvalue weighted by Gasteiger charge is -2.31. The van der Waals surface area contributed by atoms with Crippen LogP contribution in [-0.2, 0) is 4.74 Å². The smallest absolute Gasteiger partial charge is 0.0561 e. The van der Waals surface area contributed by atoms with Crippen LogP contribution in [-0.4, -0.2) is 37.4 Å². The molecule has 3 nitrogen and oxygen atoms in total. The normalized spacial score (nSPS) is 36.0. The highest BCUT2D eigenvalue weighted by atomic mass is 16.5. The van der Waals surface area contributed by atoms with Gasteiger partial charge in [0, 0.05) is 24.7 Å². The molecule has 2 aliphatic rings. The third-order valence-corrected chi connectivity index (χ3v) is 4.31. The Bertz CT molecular complexity index is 223. The molecule has 18 heavy (non-hydrogen) atoms. The maximum atomic E-state index is 5.60. The molecule has 2 saturated heterocycles. The molecule has 0 aromatic carbocycles. The lowest BCUT2D eigenvalue weighted by atomic mass is 9.99. The van der Waals surface area contributed by atoms with Crippen molar-refractivity contribution in [1.82, 2.24) is 10.6 Å². The van der Waals surface area contributed by atoms with E-state index in [-0.39, 0.29) is 0 Å². The maximum absolute atomic E-state index is 5.60. The Morgan fingerprint density at radius 2 is 2.17 bits per heavy atom. The van der Waals surface area contributed by atoms with Gasteiger partial charge >= 0.3 is 0 Å². The summed E-state index contributed by atoms with van der Waals surface area (Å²) in [6, 6.07) is 2.01. The fraction of sp³-hybridized carbons (Fsp3) is 1.00. The zero-order chi connectivity index (χ0) is 12.8. The third kappa shape index (κ3) is 4.87. The van der Waals surface area contributed by atoms with Gasteiger partial charge in [-0.25, -0.2) is 0 Å². The molecule has 2 N–H and O–H groups in total. The first-order chi connectivity index (χ1) is 8.74. The summed E-state index contributed by atoms with van der Waals surface area (Å²) in [4.78, 5) is 0. The Kier molecular flexibility index (Phi) is 5.93. The fourth-order valence-corrected chi connectivity index (χ4v) is 3.35. The topological polar surface area (TPSA) is 33.3 Å². The van der Waals surface area contributed by atoms with E-state index in [1.54, 1.807) is 0 Å². The van der Waals surface area contributed by atoms with Gasteiger partial charge in [-0.15, -0.1) is 0 Å². The number of rotatable bonds is 4. The molecule has 0 saturated carbocycles. The summed E-state index contributed by atoms with van der Waals surface area (Å²) >= 11 is 0. The number of nitrogens with one attached hydrogen (secondary N) is 2. The molecule has 0 aromatic rings. The van der Waals surface area contributed by atoms with Crippen molar-refractivity contribution in [3.63, 3.8) is 0 Å².